The maximum absolute atomic E-state index is 12.5. The summed E-state index contributed by atoms with van der Waals surface area (Å²) in [5.41, 5.74) is 5.03. The fourth-order valence-electron chi connectivity index (χ4n) is 2.79. The van der Waals surface area contributed by atoms with E-state index < -0.39 is 8.03 Å². The van der Waals surface area contributed by atoms with Crippen LogP contribution in [0.1, 0.15) is 39.0 Å². The van der Waals surface area contributed by atoms with Crippen LogP contribution in [-0.2, 0) is 11.0 Å². The first-order valence-electron chi connectivity index (χ1n) is 7.24. The normalized spacial score (nSPS) is 11.4. The fraction of sp³-hybridized carbons (Fsp3) is 0.278. The van der Waals surface area contributed by atoms with Crippen molar-refractivity contribution in [1.82, 2.24) is 0 Å². The predicted octanol–water partition coefficient (Wildman–Crippen LogP) is 3.79. The van der Waals surface area contributed by atoms with Crippen LogP contribution in [0.15, 0.2) is 36.4 Å². The molecule has 1 N–H and O–H groups in total. The van der Waals surface area contributed by atoms with Crippen LogP contribution < -0.4 is 5.30 Å². The average Bonchev–Trinajstić information content (AvgIpc) is 2.44. The Balaban J connectivity index is 2.08. The molecule has 2 rings (SSSR count). The molecule has 0 aliphatic rings. The summed E-state index contributed by atoms with van der Waals surface area (Å²) in [5.74, 6) is 0.146. The molecule has 2 aromatic carbocycles. The lowest BCUT2D eigenvalue weighted by Gasteiger charge is -2.10. The van der Waals surface area contributed by atoms with Crippen molar-refractivity contribution in [2.75, 3.05) is 0 Å². The zero-order valence-electron chi connectivity index (χ0n) is 13.1. The van der Waals surface area contributed by atoms with Gasteiger partial charge in [-0.1, -0.05) is 29.8 Å². The molecule has 1 atom stereocenters. The zero-order valence-corrected chi connectivity index (χ0v) is 14.0. The highest BCUT2D eigenvalue weighted by Gasteiger charge is 2.16. The maximum atomic E-state index is 12.5. The summed E-state index contributed by atoms with van der Waals surface area (Å²) in [6.07, 6.45) is 1.07. The number of hydrogen-bond acceptors (Lipinski definition) is 2. The van der Waals surface area contributed by atoms with Gasteiger partial charge in [0.2, 0.25) is 5.30 Å². The van der Waals surface area contributed by atoms with Crippen LogP contribution in [0.25, 0.3) is 0 Å². The smallest absolute Gasteiger partial charge is 0.294 e. The molecule has 22 heavy (non-hydrogen) atoms. The van der Waals surface area contributed by atoms with E-state index in [2.05, 4.69) is 0 Å². The number of hydrogen-bond donors (Lipinski definition) is 1. The summed E-state index contributed by atoms with van der Waals surface area (Å²) in [6, 6.07) is 11.0. The van der Waals surface area contributed by atoms with Crippen LogP contribution in [0.3, 0.4) is 0 Å². The van der Waals surface area contributed by atoms with Gasteiger partial charge in [-0.05, 0) is 60.6 Å². The molecular weight excluding hydrogens is 295 g/mol. The van der Waals surface area contributed by atoms with E-state index in [9.17, 15) is 9.36 Å². The number of Topliss-reactive ketones (excluding diaryl/α,β-unsaturated/α-hetero) is 1. The van der Waals surface area contributed by atoms with Gasteiger partial charge in [-0.25, -0.2) is 0 Å². The highest BCUT2D eigenvalue weighted by molar-refractivity contribution is 7.47. The molecule has 0 saturated carbocycles. The monoisotopic (exact) mass is 315 g/mol. The minimum atomic E-state index is -2.29. The van der Waals surface area contributed by atoms with E-state index >= 15 is 0 Å². The van der Waals surface area contributed by atoms with E-state index in [1.807, 2.05) is 32.9 Å². The van der Waals surface area contributed by atoms with Crippen LogP contribution in [0.2, 0.25) is 0 Å². The number of rotatable bonds is 5. The molecule has 0 radical (unpaired) electrons. The Kier molecular flexibility index (Phi) is 5.23. The van der Waals surface area contributed by atoms with Crippen molar-refractivity contribution >= 4 is 19.1 Å². The number of aryl methyl sites for hydroxylation is 4. The second kappa shape index (κ2) is 6.95. The minimum Gasteiger partial charge on any atom is -0.294 e. The van der Waals surface area contributed by atoms with E-state index in [-0.39, 0.29) is 5.78 Å². The van der Waals surface area contributed by atoms with Crippen LogP contribution in [0.4, 0.5) is 0 Å². The van der Waals surface area contributed by atoms with Crippen molar-refractivity contribution in [3.63, 3.8) is 0 Å². The largest absolute Gasteiger partial charge is 0.546 e. The molecule has 0 aliphatic heterocycles. The molecule has 2 aromatic rings. The van der Waals surface area contributed by atoms with Crippen molar-refractivity contribution in [3.8, 4) is 0 Å². The third-order valence-corrected chi connectivity index (χ3v) is 4.49. The van der Waals surface area contributed by atoms with E-state index in [1.54, 1.807) is 24.3 Å². The van der Waals surface area contributed by atoms with E-state index in [0.717, 1.165) is 22.3 Å². The molecule has 0 amide bonds. The van der Waals surface area contributed by atoms with Crippen molar-refractivity contribution < 1.29 is 14.3 Å². The molecule has 114 valence electrons. The van der Waals surface area contributed by atoms with Gasteiger partial charge in [-0.3, -0.25) is 4.79 Å². The summed E-state index contributed by atoms with van der Waals surface area (Å²) in [5, 5.41) is 0.412. The van der Waals surface area contributed by atoms with Crippen LogP contribution in [0.5, 0.6) is 0 Å². The molecule has 0 bridgehead atoms. The molecule has 1 unspecified atom stereocenters. The lowest BCUT2D eigenvalue weighted by molar-refractivity contribution is 0.0981. The summed E-state index contributed by atoms with van der Waals surface area (Å²) in [4.78, 5) is 21.5. The first-order valence-corrected chi connectivity index (χ1v) is 8.46. The van der Waals surface area contributed by atoms with Gasteiger partial charge in [0, 0.05) is 12.0 Å². The van der Waals surface area contributed by atoms with Crippen molar-refractivity contribution in [2.24, 2.45) is 0 Å². The lowest BCUT2D eigenvalue weighted by Crippen LogP contribution is -2.07. The van der Waals surface area contributed by atoms with E-state index in [4.69, 9.17) is 4.89 Å². The standard InChI is InChI=1S/C18H19O3P/c1-12-10-13(2)18(14(3)11-12)17(19)9-6-15-4-7-16(8-5-15)22(20)21/h4-5,7-8,10-11H,6,9H2,1-3H3/p+1. The second-order valence-electron chi connectivity index (χ2n) is 5.64. The molecular formula is C18H20O3P+. The first kappa shape index (κ1) is 16.5. The van der Waals surface area contributed by atoms with Crippen molar-refractivity contribution in [3.05, 3.63) is 64.2 Å². The first-order chi connectivity index (χ1) is 10.4. The number of ketones is 1. The number of benzene rings is 2. The summed E-state index contributed by atoms with van der Waals surface area (Å²) < 4.78 is 11.0. The molecule has 0 aliphatic carbocycles. The molecule has 0 spiro atoms. The summed E-state index contributed by atoms with van der Waals surface area (Å²) in [6.45, 7) is 5.97. The molecule has 4 heteroatoms. The van der Waals surface area contributed by atoms with Gasteiger partial charge in [0.1, 0.15) is 0 Å². The third-order valence-electron chi connectivity index (χ3n) is 3.75. The zero-order chi connectivity index (χ0) is 16.3. The fourth-order valence-corrected chi connectivity index (χ4v) is 3.20. The predicted molar refractivity (Wildman–Crippen MR) is 89.2 cm³/mol. The number of carbonyl (C=O) groups is 1. The average molecular weight is 315 g/mol. The number of carbonyl (C=O) groups excluding carboxylic acids is 1. The summed E-state index contributed by atoms with van der Waals surface area (Å²) >= 11 is 0. The van der Waals surface area contributed by atoms with Gasteiger partial charge in [0.05, 0.1) is 0 Å². The van der Waals surface area contributed by atoms with Crippen LogP contribution in [-0.4, -0.2) is 10.7 Å². The molecule has 0 aromatic heterocycles. The Morgan fingerprint density at radius 3 is 2.09 bits per heavy atom. The third kappa shape index (κ3) is 3.88. The van der Waals surface area contributed by atoms with Gasteiger partial charge >= 0.3 is 8.03 Å². The topological polar surface area (TPSA) is 54.4 Å². The Bertz CT molecular complexity index is 695. The van der Waals surface area contributed by atoms with Gasteiger partial charge < -0.3 is 0 Å². The minimum absolute atomic E-state index is 0.146. The van der Waals surface area contributed by atoms with Gasteiger partial charge in [-0.15, -0.1) is 0 Å². The van der Waals surface area contributed by atoms with Gasteiger partial charge in [-0.2, -0.15) is 4.89 Å². The highest BCUT2D eigenvalue weighted by atomic mass is 31.1. The maximum Gasteiger partial charge on any atom is 0.546 e. The Morgan fingerprint density at radius 2 is 1.59 bits per heavy atom. The van der Waals surface area contributed by atoms with Gasteiger partial charge in [0.15, 0.2) is 5.78 Å². The molecule has 0 heterocycles. The quantitative estimate of drug-likeness (QED) is 0.674. The molecule has 0 fully saturated rings. The van der Waals surface area contributed by atoms with Gasteiger partial charge in [0.25, 0.3) is 0 Å². The van der Waals surface area contributed by atoms with Crippen LogP contribution >= 0.6 is 8.03 Å². The lowest BCUT2D eigenvalue weighted by atomic mass is 9.94. The molecule has 0 saturated heterocycles. The summed E-state index contributed by atoms with van der Waals surface area (Å²) in [7, 11) is -2.29. The SMILES string of the molecule is Cc1cc(C)c(C(=O)CCc2ccc([P+](=O)O)cc2)c(C)c1. The highest BCUT2D eigenvalue weighted by Crippen LogP contribution is 2.19. The van der Waals surface area contributed by atoms with E-state index in [1.165, 1.54) is 5.56 Å². The Labute approximate surface area is 131 Å². The Morgan fingerprint density at radius 1 is 1.05 bits per heavy atom. The molecule has 3 nitrogen and oxygen atoms in total. The van der Waals surface area contributed by atoms with Crippen LogP contribution in [0, 0.1) is 20.8 Å². The second-order valence-corrected chi connectivity index (χ2v) is 6.70. The Hall–Kier alpha value is -1.83. The van der Waals surface area contributed by atoms with Crippen molar-refractivity contribution in [2.45, 2.75) is 33.6 Å². The van der Waals surface area contributed by atoms with E-state index in [0.29, 0.717) is 18.1 Å². The van der Waals surface area contributed by atoms with Crippen molar-refractivity contribution in [1.29, 1.82) is 0 Å².